The molecule has 2 saturated heterocycles. The van der Waals surface area contributed by atoms with E-state index in [0.29, 0.717) is 13.1 Å². The number of benzene rings is 1. The van der Waals surface area contributed by atoms with E-state index in [0.717, 1.165) is 38.8 Å². The largest absolute Gasteiger partial charge is 0.368 e. The summed E-state index contributed by atoms with van der Waals surface area (Å²) >= 11 is 0. The van der Waals surface area contributed by atoms with E-state index in [-0.39, 0.29) is 42.5 Å². The second-order valence-corrected chi connectivity index (χ2v) is 8.23. The molecule has 0 unspecified atom stereocenters. The van der Waals surface area contributed by atoms with Crippen molar-refractivity contribution in [2.75, 3.05) is 37.6 Å². The third-order valence-corrected chi connectivity index (χ3v) is 6.57. The van der Waals surface area contributed by atoms with Gasteiger partial charge in [-0.15, -0.1) is 0 Å². The molecule has 4 rings (SSSR count). The number of hydrogen-bond donors (Lipinski definition) is 0. The average Bonchev–Trinajstić information content (AvgIpc) is 2.97. The predicted octanol–water partition coefficient (Wildman–Crippen LogP) is 2.21. The van der Waals surface area contributed by atoms with Crippen molar-refractivity contribution in [3.8, 4) is 0 Å². The minimum Gasteiger partial charge on any atom is -0.368 e. The average molecular weight is 383 g/mol. The molecule has 0 N–H and O–H groups in total. The van der Waals surface area contributed by atoms with E-state index in [1.807, 2.05) is 17.0 Å². The first-order valence-corrected chi connectivity index (χ1v) is 10.5. The van der Waals surface area contributed by atoms with Gasteiger partial charge in [-0.25, -0.2) is 0 Å². The lowest BCUT2D eigenvalue weighted by Crippen LogP contribution is -2.49. The molecule has 2 heterocycles. The fraction of sp³-hybridized carbons (Fsp3) is 0.591. The van der Waals surface area contributed by atoms with E-state index in [1.165, 1.54) is 16.2 Å². The van der Waals surface area contributed by atoms with Crippen LogP contribution < -0.4 is 4.90 Å². The predicted molar refractivity (Wildman–Crippen MR) is 107 cm³/mol. The summed E-state index contributed by atoms with van der Waals surface area (Å²) in [6, 6.07) is 8.31. The lowest BCUT2D eigenvalue weighted by molar-refractivity contribution is -0.140. The maximum absolute atomic E-state index is 12.7. The van der Waals surface area contributed by atoms with Crippen molar-refractivity contribution in [3.63, 3.8) is 0 Å². The van der Waals surface area contributed by atoms with Crippen LogP contribution in [0.1, 0.15) is 37.7 Å². The molecule has 1 aromatic carbocycles. The van der Waals surface area contributed by atoms with Crippen LogP contribution in [0.25, 0.3) is 0 Å². The maximum Gasteiger partial charge on any atom is 0.233 e. The molecule has 0 spiro atoms. The number of aryl methyl sites for hydroxylation is 1. The van der Waals surface area contributed by atoms with Gasteiger partial charge in [0.15, 0.2) is 0 Å². The smallest absolute Gasteiger partial charge is 0.233 e. The number of fused-ring (bicyclic) bond motifs is 1. The van der Waals surface area contributed by atoms with E-state index >= 15 is 0 Å². The molecule has 0 radical (unpaired) electrons. The van der Waals surface area contributed by atoms with E-state index in [4.69, 9.17) is 0 Å². The summed E-state index contributed by atoms with van der Waals surface area (Å²) in [6.07, 6.45) is 3.93. The molecule has 2 atom stereocenters. The third kappa shape index (κ3) is 3.52. The van der Waals surface area contributed by atoms with Crippen molar-refractivity contribution >= 4 is 23.4 Å². The van der Waals surface area contributed by atoms with Crippen LogP contribution in [-0.2, 0) is 14.4 Å². The van der Waals surface area contributed by atoms with Crippen molar-refractivity contribution in [1.82, 2.24) is 9.80 Å². The summed E-state index contributed by atoms with van der Waals surface area (Å²) in [7, 11) is 0. The van der Waals surface area contributed by atoms with Crippen LogP contribution in [0.5, 0.6) is 0 Å². The van der Waals surface area contributed by atoms with Gasteiger partial charge in [0.1, 0.15) is 0 Å². The van der Waals surface area contributed by atoms with Gasteiger partial charge in [-0.05, 0) is 31.4 Å². The quantitative estimate of drug-likeness (QED) is 0.748. The van der Waals surface area contributed by atoms with Crippen LogP contribution in [0.3, 0.4) is 0 Å². The molecule has 3 fully saturated rings. The van der Waals surface area contributed by atoms with Gasteiger partial charge < -0.3 is 9.80 Å². The molecule has 1 aromatic rings. The van der Waals surface area contributed by atoms with Crippen LogP contribution in [0.4, 0.5) is 5.69 Å². The number of likely N-dealkylation sites (tertiary alicyclic amines) is 1. The molecule has 0 bridgehead atoms. The Bertz CT molecular complexity index is 746. The zero-order chi connectivity index (χ0) is 19.7. The number of imide groups is 1. The summed E-state index contributed by atoms with van der Waals surface area (Å²) < 4.78 is 0. The van der Waals surface area contributed by atoms with Crippen molar-refractivity contribution in [2.24, 2.45) is 11.8 Å². The van der Waals surface area contributed by atoms with E-state index in [9.17, 15) is 14.4 Å². The highest BCUT2D eigenvalue weighted by Crippen LogP contribution is 2.38. The highest BCUT2D eigenvalue weighted by Gasteiger charge is 2.47. The number of amides is 3. The van der Waals surface area contributed by atoms with Crippen molar-refractivity contribution in [2.45, 2.75) is 39.0 Å². The first-order valence-electron chi connectivity index (χ1n) is 10.5. The molecule has 28 heavy (non-hydrogen) atoms. The molecule has 1 saturated carbocycles. The van der Waals surface area contributed by atoms with Gasteiger partial charge >= 0.3 is 0 Å². The Morgan fingerprint density at radius 2 is 1.57 bits per heavy atom. The highest BCUT2D eigenvalue weighted by molar-refractivity contribution is 6.05. The van der Waals surface area contributed by atoms with E-state index in [2.05, 4.69) is 24.0 Å². The molecule has 0 aromatic heterocycles. The number of hydrogen-bond acceptors (Lipinski definition) is 4. The molecule has 6 heteroatoms. The summed E-state index contributed by atoms with van der Waals surface area (Å²) in [5, 5.41) is 0. The molecular weight excluding hydrogens is 354 g/mol. The minimum absolute atomic E-state index is 0.0416. The Balaban J connectivity index is 1.29. The zero-order valence-electron chi connectivity index (χ0n) is 16.6. The van der Waals surface area contributed by atoms with Gasteiger partial charge in [-0.3, -0.25) is 19.3 Å². The van der Waals surface area contributed by atoms with Crippen LogP contribution >= 0.6 is 0 Å². The summed E-state index contributed by atoms with van der Waals surface area (Å²) in [5.41, 5.74) is 2.47. The molecule has 1 aliphatic carbocycles. The monoisotopic (exact) mass is 383 g/mol. The van der Waals surface area contributed by atoms with Gasteiger partial charge in [-0.1, -0.05) is 31.0 Å². The topological polar surface area (TPSA) is 60.9 Å². The van der Waals surface area contributed by atoms with Crippen molar-refractivity contribution in [1.29, 1.82) is 0 Å². The SMILES string of the molecule is Cc1ccccc1N1CCN(C(=O)CCN2C(=O)[C@H]3CCCC[C@@H]3C2=O)CC1. The van der Waals surface area contributed by atoms with Crippen molar-refractivity contribution in [3.05, 3.63) is 29.8 Å². The maximum atomic E-state index is 12.7. The molecule has 3 aliphatic rings. The minimum atomic E-state index is -0.131. The number of rotatable bonds is 4. The van der Waals surface area contributed by atoms with Gasteiger partial charge in [-0.2, -0.15) is 0 Å². The summed E-state index contributed by atoms with van der Waals surface area (Å²) in [4.78, 5) is 43.3. The van der Waals surface area contributed by atoms with Gasteiger partial charge in [0.05, 0.1) is 11.8 Å². The lowest BCUT2D eigenvalue weighted by atomic mass is 9.81. The Morgan fingerprint density at radius 1 is 0.964 bits per heavy atom. The van der Waals surface area contributed by atoms with E-state index < -0.39 is 0 Å². The number of nitrogens with zero attached hydrogens (tertiary/aromatic N) is 3. The third-order valence-electron chi connectivity index (χ3n) is 6.57. The summed E-state index contributed by atoms with van der Waals surface area (Å²) in [5.74, 6) is -0.318. The van der Waals surface area contributed by atoms with Crippen LogP contribution in [0, 0.1) is 18.8 Å². The van der Waals surface area contributed by atoms with Crippen LogP contribution in [0.15, 0.2) is 24.3 Å². The number of para-hydroxylation sites is 1. The molecular formula is C22H29N3O3. The Hall–Kier alpha value is -2.37. The molecule has 150 valence electrons. The fourth-order valence-corrected chi connectivity index (χ4v) is 4.93. The number of carbonyl (C=O) groups excluding carboxylic acids is 3. The van der Waals surface area contributed by atoms with Gasteiger partial charge in [0.25, 0.3) is 0 Å². The first kappa shape index (κ1) is 19.0. The summed E-state index contributed by atoms with van der Waals surface area (Å²) in [6.45, 7) is 5.32. The zero-order valence-corrected chi connectivity index (χ0v) is 16.6. The van der Waals surface area contributed by atoms with Gasteiger partial charge in [0.2, 0.25) is 17.7 Å². The lowest BCUT2D eigenvalue weighted by Gasteiger charge is -2.37. The Labute approximate surface area is 166 Å². The van der Waals surface area contributed by atoms with Crippen LogP contribution in [-0.4, -0.2) is 60.2 Å². The second kappa shape index (κ2) is 7.94. The first-order chi connectivity index (χ1) is 13.6. The second-order valence-electron chi connectivity index (χ2n) is 8.23. The fourth-order valence-electron chi connectivity index (χ4n) is 4.93. The number of anilines is 1. The molecule has 3 amide bonds. The number of carbonyl (C=O) groups is 3. The Morgan fingerprint density at radius 3 is 2.18 bits per heavy atom. The molecule has 6 nitrogen and oxygen atoms in total. The van der Waals surface area contributed by atoms with E-state index in [1.54, 1.807) is 0 Å². The standard InChI is InChI=1S/C22H29N3O3/c1-16-6-2-5-9-19(16)23-12-14-24(15-13-23)20(26)10-11-25-21(27)17-7-3-4-8-18(17)22(25)28/h2,5-6,9,17-18H,3-4,7-8,10-15H2,1H3/t17-,18-/m0/s1. The molecule has 2 aliphatic heterocycles. The highest BCUT2D eigenvalue weighted by atomic mass is 16.2. The van der Waals surface area contributed by atoms with Crippen LogP contribution in [0.2, 0.25) is 0 Å². The number of piperazine rings is 1. The Kier molecular flexibility index (Phi) is 5.38. The normalized spacial score (nSPS) is 25.2. The van der Waals surface area contributed by atoms with Gasteiger partial charge in [0, 0.05) is 44.8 Å². The van der Waals surface area contributed by atoms with Crippen molar-refractivity contribution < 1.29 is 14.4 Å².